The van der Waals surface area contributed by atoms with Gasteiger partial charge >= 0.3 is 0 Å². The molecule has 2 unspecified atom stereocenters. The highest BCUT2D eigenvalue weighted by Gasteiger charge is 2.32. The summed E-state index contributed by atoms with van der Waals surface area (Å²) in [5, 5.41) is 3.01. The highest BCUT2D eigenvalue weighted by molar-refractivity contribution is 5.94. The molecule has 0 bridgehead atoms. The highest BCUT2D eigenvalue weighted by Crippen LogP contribution is 2.24. The molecule has 3 amide bonds. The number of morpholine rings is 1. The molecule has 0 aromatic heterocycles. The molecule has 1 aromatic rings. The molecule has 2 heterocycles. The minimum atomic E-state index is -0.388. The van der Waals surface area contributed by atoms with Gasteiger partial charge in [-0.1, -0.05) is 32.9 Å². The van der Waals surface area contributed by atoms with Gasteiger partial charge in [-0.25, -0.2) is 0 Å². The summed E-state index contributed by atoms with van der Waals surface area (Å²) in [7, 11) is 0. The Hall–Kier alpha value is -2.41. The zero-order chi connectivity index (χ0) is 23.5. The minimum absolute atomic E-state index is 0.0131. The van der Waals surface area contributed by atoms with Gasteiger partial charge in [0.2, 0.25) is 11.8 Å². The van der Waals surface area contributed by atoms with Crippen LogP contribution in [0.4, 0.5) is 0 Å². The molecule has 7 heteroatoms. The molecule has 0 saturated carbocycles. The van der Waals surface area contributed by atoms with E-state index in [-0.39, 0.29) is 41.3 Å². The van der Waals surface area contributed by atoms with Crippen LogP contribution in [0.15, 0.2) is 24.3 Å². The number of carbonyl (C=O) groups excluding carboxylic acids is 3. The maximum Gasteiger partial charge on any atom is 0.254 e. The standard InChI is InChI=1S/C25H37N3O4/c1-17-15-28(16-18(2)32-17)23(30)21-8-6-19(7-9-21)14-26-22(29)20-10-12-27(13-11-20)24(31)25(3,4)5/h6-9,17-18,20H,10-16H2,1-5H3,(H,26,29). The van der Waals surface area contributed by atoms with E-state index in [0.29, 0.717) is 51.1 Å². The molecule has 0 radical (unpaired) electrons. The number of piperidine rings is 1. The normalized spacial score (nSPS) is 22.5. The lowest BCUT2D eigenvalue weighted by Gasteiger charge is -2.35. The Balaban J connectivity index is 1.47. The van der Waals surface area contributed by atoms with E-state index in [4.69, 9.17) is 4.74 Å². The topological polar surface area (TPSA) is 79.0 Å². The molecule has 2 atom stereocenters. The molecule has 7 nitrogen and oxygen atoms in total. The largest absolute Gasteiger partial charge is 0.372 e. The second kappa shape index (κ2) is 10.0. The van der Waals surface area contributed by atoms with Crippen molar-refractivity contribution in [3.8, 4) is 0 Å². The molecule has 176 valence electrons. The smallest absolute Gasteiger partial charge is 0.254 e. The number of nitrogens with one attached hydrogen (secondary N) is 1. The van der Waals surface area contributed by atoms with Crippen LogP contribution in [0.3, 0.4) is 0 Å². The number of rotatable bonds is 4. The minimum Gasteiger partial charge on any atom is -0.372 e. The Bertz CT molecular complexity index is 813. The van der Waals surface area contributed by atoms with E-state index in [9.17, 15) is 14.4 Å². The molecular formula is C25H37N3O4. The van der Waals surface area contributed by atoms with Crippen molar-refractivity contribution in [1.29, 1.82) is 0 Å². The highest BCUT2D eigenvalue weighted by atomic mass is 16.5. The van der Waals surface area contributed by atoms with Gasteiger partial charge in [-0.15, -0.1) is 0 Å². The lowest BCUT2D eigenvalue weighted by molar-refractivity contribution is -0.142. The van der Waals surface area contributed by atoms with Crippen LogP contribution in [0.5, 0.6) is 0 Å². The summed E-state index contributed by atoms with van der Waals surface area (Å²) in [6, 6.07) is 7.44. The third-order valence-corrected chi connectivity index (χ3v) is 6.17. The molecule has 2 aliphatic rings. The van der Waals surface area contributed by atoms with Crippen molar-refractivity contribution in [2.45, 2.75) is 66.2 Å². The van der Waals surface area contributed by atoms with Gasteiger partial charge in [-0.2, -0.15) is 0 Å². The van der Waals surface area contributed by atoms with Crippen LogP contribution in [0.1, 0.15) is 63.4 Å². The Labute approximate surface area is 191 Å². The number of likely N-dealkylation sites (tertiary alicyclic amines) is 1. The number of benzene rings is 1. The van der Waals surface area contributed by atoms with E-state index < -0.39 is 0 Å². The Kier molecular flexibility index (Phi) is 7.59. The molecule has 0 aliphatic carbocycles. The first-order chi connectivity index (χ1) is 15.0. The first-order valence-corrected chi connectivity index (χ1v) is 11.7. The zero-order valence-corrected chi connectivity index (χ0v) is 20.0. The third-order valence-electron chi connectivity index (χ3n) is 6.17. The van der Waals surface area contributed by atoms with Crippen LogP contribution in [-0.4, -0.2) is 65.9 Å². The van der Waals surface area contributed by atoms with Gasteiger partial charge in [0, 0.05) is 49.6 Å². The van der Waals surface area contributed by atoms with Crippen LogP contribution in [0.2, 0.25) is 0 Å². The molecule has 3 rings (SSSR count). The van der Waals surface area contributed by atoms with Crippen LogP contribution in [0, 0.1) is 11.3 Å². The summed E-state index contributed by atoms with van der Waals surface area (Å²) in [6.45, 7) is 12.6. The molecule has 1 aromatic carbocycles. The Morgan fingerprint density at radius 3 is 2.06 bits per heavy atom. The van der Waals surface area contributed by atoms with Crippen LogP contribution in [0.25, 0.3) is 0 Å². The summed E-state index contributed by atoms with van der Waals surface area (Å²) in [5.41, 5.74) is 1.22. The van der Waals surface area contributed by atoms with Gasteiger partial charge in [-0.3, -0.25) is 14.4 Å². The summed E-state index contributed by atoms with van der Waals surface area (Å²) < 4.78 is 5.70. The SMILES string of the molecule is CC1CN(C(=O)c2ccc(CNC(=O)C3CCN(C(=O)C(C)(C)C)CC3)cc2)CC(C)O1. The molecule has 2 saturated heterocycles. The van der Waals surface area contributed by atoms with Crippen molar-refractivity contribution in [3.05, 3.63) is 35.4 Å². The van der Waals surface area contributed by atoms with Gasteiger partial charge in [0.1, 0.15) is 0 Å². The second-order valence-electron chi connectivity index (χ2n) is 10.2. The van der Waals surface area contributed by atoms with E-state index in [1.807, 2.05) is 68.7 Å². The second-order valence-corrected chi connectivity index (χ2v) is 10.2. The van der Waals surface area contributed by atoms with Gasteiger partial charge < -0.3 is 19.9 Å². The monoisotopic (exact) mass is 443 g/mol. The van der Waals surface area contributed by atoms with Crippen molar-refractivity contribution < 1.29 is 19.1 Å². The molecule has 32 heavy (non-hydrogen) atoms. The van der Waals surface area contributed by atoms with Gasteiger partial charge in [-0.05, 0) is 44.4 Å². The molecular weight excluding hydrogens is 406 g/mol. The van der Waals surface area contributed by atoms with E-state index in [1.165, 1.54) is 0 Å². The Morgan fingerprint density at radius 1 is 0.969 bits per heavy atom. The quantitative estimate of drug-likeness (QED) is 0.776. The number of ether oxygens (including phenoxy) is 1. The molecule has 1 N–H and O–H groups in total. The molecule has 2 aliphatic heterocycles. The zero-order valence-electron chi connectivity index (χ0n) is 20.0. The predicted molar refractivity (Wildman–Crippen MR) is 123 cm³/mol. The van der Waals surface area contributed by atoms with E-state index in [0.717, 1.165) is 5.56 Å². The maximum absolute atomic E-state index is 12.8. The fourth-order valence-electron chi connectivity index (χ4n) is 4.44. The first kappa shape index (κ1) is 24.2. The number of amides is 3. The van der Waals surface area contributed by atoms with Gasteiger partial charge in [0.05, 0.1) is 12.2 Å². The van der Waals surface area contributed by atoms with E-state index in [2.05, 4.69) is 5.32 Å². The summed E-state index contributed by atoms with van der Waals surface area (Å²) in [4.78, 5) is 41.5. The lowest BCUT2D eigenvalue weighted by atomic mass is 9.90. The van der Waals surface area contributed by atoms with Crippen molar-refractivity contribution in [2.24, 2.45) is 11.3 Å². The number of hydrogen-bond donors (Lipinski definition) is 1. The molecule has 2 fully saturated rings. The summed E-state index contributed by atoms with van der Waals surface area (Å²) in [5.74, 6) is 0.126. The summed E-state index contributed by atoms with van der Waals surface area (Å²) in [6.07, 6.45) is 1.46. The van der Waals surface area contributed by atoms with Crippen molar-refractivity contribution in [2.75, 3.05) is 26.2 Å². The van der Waals surface area contributed by atoms with Crippen LogP contribution in [-0.2, 0) is 20.9 Å². The van der Waals surface area contributed by atoms with Gasteiger partial charge in [0.25, 0.3) is 5.91 Å². The van der Waals surface area contributed by atoms with E-state index >= 15 is 0 Å². The number of nitrogens with zero attached hydrogens (tertiary/aromatic N) is 2. The van der Waals surface area contributed by atoms with Gasteiger partial charge in [0.15, 0.2) is 0 Å². The maximum atomic E-state index is 12.8. The lowest BCUT2D eigenvalue weighted by Crippen LogP contribution is -2.48. The van der Waals surface area contributed by atoms with Crippen molar-refractivity contribution in [1.82, 2.24) is 15.1 Å². The first-order valence-electron chi connectivity index (χ1n) is 11.7. The fraction of sp³-hybridized carbons (Fsp3) is 0.640. The average Bonchev–Trinajstić information content (AvgIpc) is 2.75. The van der Waals surface area contributed by atoms with Crippen molar-refractivity contribution >= 4 is 17.7 Å². The molecule has 0 spiro atoms. The Morgan fingerprint density at radius 2 is 1.53 bits per heavy atom. The summed E-state index contributed by atoms with van der Waals surface area (Å²) >= 11 is 0. The van der Waals surface area contributed by atoms with Crippen molar-refractivity contribution in [3.63, 3.8) is 0 Å². The van der Waals surface area contributed by atoms with Crippen LogP contribution >= 0.6 is 0 Å². The van der Waals surface area contributed by atoms with E-state index in [1.54, 1.807) is 0 Å². The van der Waals surface area contributed by atoms with Crippen LogP contribution < -0.4 is 5.32 Å². The average molecular weight is 444 g/mol. The fourth-order valence-corrected chi connectivity index (χ4v) is 4.44. The predicted octanol–water partition coefficient (Wildman–Crippen LogP) is 2.84. The number of carbonyl (C=O) groups is 3. The number of hydrogen-bond acceptors (Lipinski definition) is 4. The third kappa shape index (κ3) is 6.09.